The highest BCUT2D eigenvalue weighted by Gasteiger charge is 2.48. The number of halogens is 1. The van der Waals surface area contributed by atoms with E-state index in [2.05, 4.69) is 54.8 Å². The minimum Gasteiger partial charge on any atom is -0.159 e. The van der Waals surface area contributed by atoms with E-state index in [-0.39, 0.29) is 5.38 Å². The van der Waals surface area contributed by atoms with Gasteiger partial charge in [-0.15, -0.1) is 11.6 Å². The van der Waals surface area contributed by atoms with Crippen LogP contribution in [-0.2, 0) is 0 Å². The molecule has 0 aromatic heterocycles. The molecule has 96 valence electrons. The molecule has 0 N–H and O–H groups in total. The first-order valence-electron chi connectivity index (χ1n) is 6.67. The van der Waals surface area contributed by atoms with Gasteiger partial charge in [0.05, 0.1) is 5.38 Å². The number of thioether (sulfide) groups is 1. The Bertz CT molecular complexity index is 589. The molecule has 0 saturated heterocycles. The van der Waals surface area contributed by atoms with Crippen LogP contribution in [0.3, 0.4) is 0 Å². The van der Waals surface area contributed by atoms with E-state index in [1.807, 2.05) is 11.8 Å². The average Bonchev–Trinajstić information content (AvgIpc) is 2.47. The zero-order chi connectivity index (χ0) is 13.0. The van der Waals surface area contributed by atoms with Gasteiger partial charge >= 0.3 is 0 Å². The minimum atomic E-state index is 0.199. The summed E-state index contributed by atoms with van der Waals surface area (Å²) in [5.74, 6) is 0.811. The van der Waals surface area contributed by atoms with Crippen LogP contribution in [0.5, 0.6) is 0 Å². The molecule has 0 fully saturated rings. The van der Waals surface area contributed by atoms with E-state index in [1.54, 1.807) is 0 Å². The van der Waals surface area contributed by atoms with Crippen LogP contribution in [0.4, 0.5) is 0 Å². The summed E-state index contributed by atoms with van der Waals surface area (Å²) in [6, 6.07) is 17.7. The molecule has 0 nitrogen and oxygen atoms in total. The number of rotatable bonds is 1. The Balaban J connectivity index is 2.03. The maximum absolute atomic E-state index is 6.81. The molecule has 0 amide bonds. The van der Waals surface area contributed by atoms with Gasteiger partial charge in [-0.3, -0.25) is 0 Å². The van der Waals surface area contributed by atoms with E-state index in [0.29, 0.717) is 17.1 Å². The standard InChI is InChI=1S/C17H15ClS/c1-19-17-15-12-8-4-2-6-10(12)14(16(17)18)11-7-3-5-9-13(11)15/h2-9,14-17H,1H3. The maximum Gasteiger partial charge on any atom is 0.0573 e. The normalized spacial score (nSPS) is 30.8. The van der Waals surface area contributed by atoms with Crippen molar-refractivity contribution in [1.82, 2.24) is 0 Å². The van der Waals surface area contributed by atoms with Crippen LogP contribution in [0.15, 0.2) is 48.5 Å². The Morgan fingerprint density at radius 1 is 0.789 bits per heavy atom. The van der Waals surface area contributed by atoms with Crippen molar-refractivity contribution < 1.29 is 0 Å². The molecular formula is C17H15ClS. The van der Waals surface area contributed by atoms with Crippen molar-refractivity contribution in [2.24, 2.45) is 0 Å². The van der Waals surface area contributed by atoms with Gasteiger partial charge in [-0.05, 0) is 28.5 Å². The molecule has 5 rings (SSSR count). The zero-order valence-electron chi connectivity index (χ0n) is 10.7. The summed E-state index contributed by atoms with van der Waals surface area (Å²) < 4.78 is 0. The number of hydrogen-bond acceptors (Lipinski definition) is 1. The third kappa shape index (κ3) is 1.49. The molecule has 0 aliphatic heterocycles. The lowest BCUT2D eigenvalue weighted by Gasteiger charge is -2.48. The van der Waals surface area contributed by atoms with E-state index in [0.717, 1.165) is 0 Å². The molecule has 3 aliphatic rings. The van der Waals surface area contributed by atoms with Crippen molar-refractivity contribution >= 4 is 23.4 Å². The molecule has 0 radical (unpaired) electrons. The number of benzene rings is 2. The first-order chi connectivity index (χ1) is 9.33. The lowest BCUT2D eigenvalue weighted by Crippen LogP contribution is -2.42. The Kier molecular flexibility index (Phi) is 2.68. The van der Waals surface area contributed by atoms with Gasteiger partial charge in [-0.2, -0.15) is 11.8 Å². The van der Waals surface area contributed by atoms with Crippen molar-refractivity contribution in [3.63, 3.8) is 0 Å². The molecule has 2 unspecified atom stereocenters. The van der Waals surface area contributed by atoms with Crippen molar-refractivity contribution in [2.75, 3.05) is 6.26 Å². The van der Waals surface area contributed by atoms with Crippen molar-refractivity contribution in [2.45, 2.75) is 22.5 Å². The van der Waals surface area contributed by atoms with Crippen molar-refractivity contribution in [3.8, 4) is 0 Å². The van der Waals surface area contributed by atoms with E-state index in [9.17, 15) is 0 Å². The quantitative estimate of drug-likeness (QED) is 0.690. The predicted molar refractivity (Wildman–Crippen MR) is 83.5 cm³/mol. The fourth-order valence-corrected chi connectivity index (χ4v) is 5.53. The Morgan fingerprint density at radius 3 is 1.63 bits per heavy atom. The Hall–Kier alpha value is -0.920. The van der Waals surface area contributed by atoms with Gasteiger partial charge in [-0.25, -0.2) is 0 Å². The van der Waals surface area contributed by atoms with Crippen molar-refractivity contribution in [1.29, 1.82) is 0 Å². The lowest BCUT2D eigenvalue weighted by molar-refractivity contribution is 0.542. The van der Waals surface area contributed by atoms with Crippen LogP contribution in [0, 0.1) is 0 Å². The van der Waals surface area contributed by atoms with Gasteiger partial charge in [0.25, 0.3) is 0 Å². The summed E-state index contributed by atoms with van der Waals surface area (Å²) in [5.41, 5.74) is 5.86. The first-order valence-corrected chi connectivity index (χ1v) is 8.40. The minimum absolute atomic E-state index is 0.199. The van der Waals surface area contributed by atoms with Gasteiger partial charge < -0.3 is 0 Å². The van der Waals surface area contributed by atoms with Gasteiger partial charge in [0.15, 0.2) is 0 Å². The number of alkyl halides is 1. The summed E-state index contributed by atoms with van der Waals surface area (Å²) >= 11 is 8.73. The highest BCUT2D eigenvalue weighted by Crippen LogP contribution is 2.57. The first kappa shape index (κ1) is 11.9. The molecule has 2 heteroatoms. The fourth-order valence-electron chi connectivity index (χ4n) is 3.83. The lowest BCUT2D eigenvalue weighted by atomic mass is 9.63. The second kappa shape index (κ2) is 4.29. The summed E-state index contributed by atoms with van der Waals surface area (Å²) in [6.07, 6.45) is 2.19. The van der Waals surface area contributed by atoms with Gasteiger partial charge in [0.2, 0.25) is 0 Å². The molecule has 2 bridgehead atoms. The molecule has 19 heavy (non-hydrogen) atoms. The predicted octanol–water partition coefficient (Wildman–Crippen LogP) is 4.62. The van der Waals surface area contributed by atoms with Crippen molar-refractivity contribution in [3.05, 3.63) is 70.8 Å². The second-order valence-corrected chi connectivity index (χ2v) is 6.88. The summed E-state index contributed by atoms with van der Waals surface area (Å²) in [6.45, 7) is 0. The number of fused-ring (bicyclic) bond motifs is 1. The molecule has 0 spiro atoms. The van der Waals surface area contributed by atoms with E-state index >= 15 is 0 Å². The molecular weight excluding hydrogens is 272 g/mol. The maximum atomic E-state index is 6.81. The molecule has 0 heterocycles. The largest absolute Gasteiger partial charge is 0.159 e. The fraction of sp³-hybridized carbons (Fsp3) is 0.294. The molecule has 2 aromatic rings. The molecule has 2 aromatic carbocycles. The van der Waals surface area contributed by atoms with Crippen LogP contribution in [0.2, 0.25) is 0 Å². The second-order valence-electron chi connectivity index (χ2n) is 5.36. The van der Waals surface area contributed by atoms with E-state index < -0.39 is 0 Å². The third-order valence-electron chi connectivity index (χ3n) is 4.57. The SMILES string of the molecule is CSC1C2c3ccccc3C(c3ccccc32)C1Cl. The Morgan fingerprint density at radius 2 is 1.21 bits per heavy atom. The Labute approximate surface area is 123 Å². The van der Waals surface area contributed by atoms with E-state index in [4.69, 9.17) is 11.6 Å². The van der Waals surface area contributed by atoms with Gasteiger partial charge in [0.1, 0.15) is 0 Å². The van der Waals surface area contributed by atoms with Gasteiger partial charge in [0, 0.05) is 17.1 Å². The van der Waals surface area contributed by atoms with Crippen LogP contribution < -0.4 is 0 Å². The van der Waals surface area contributed by atoms with Crippen LogP contribution in [0.1, 0.15) is 34.1 Å². The monoisotopic (exact) mass is 286 g/mol. The van der Waals surface area contributed by atoms with Crippen LogP contribution in [0.25, 0.3) is 0 Å². The summed E-state index contributed by atoms with van der Waals surface area (Å²) in [7, 11) is 0. The molecule has 3 aliphatic carbocycles. The number of hydrogen-bond donors (Lipinski definition) is 0. The smallest absolute Gasteiger partial charge is 0.0573 e. The summed E-state index contributed by atoms with van der Waals surface area (Å²) in [5, 5.41) is 0.682. The molecule has 0 saturated carbocycles. The van der Waals surface area contributed by atoms with Crippen LogP contribution in [-0.4, -0.2) is 16.9 Å². The summed E-state index contributed by atoms with van der Waals surface area (Å²) in [4.78, 5) is 0. The molecule has 2 atom stereocenters. The third-order valence-corrected chi connectivity index (χ3v) is 6.35. The van der Waals surface area contributed by atoms with E-state index in [1.165, 1.54) is 22.3 Å². The topological polar surface area (TPSA) is 0 Å². The highest BCUT2D eigenvalue weighted by atomic mass is 35.5. The van der Waals surface area contributed by atoms with Gasteiger partial charge in [-0.1, -0.05) is 48.5 Å². The highest BCUT2D eigenvalue weighted by molar-refractivity contribution is 7.99. The average molecular weight is 287 g/mol. The zero-order valence-corrected chi connectivity index (χ0v) is 12.3. The van der Waals surface area contributed by atoms with Crippen LogP contribution >= 0.6 is 23.4 Å².